The SMILES string of the molecule is CCc1ncnc(N2CCC(C(=N)N)CC2)c1F. The van der Waals surface area contributed by atoms with Crippen molar-refractivity contribution in [2.24, 2.45) is 11.7 Å². The molecule has 3 N–H and O–H groups in total. The Bertz CT molecular complexity index is 440. The lowest BCUT2D eigenvalue weighted by atomic mass is 9.96. The van der Waals surface area contributed by atoms with E-state index in [9.17, 15) is 4.39 Å². The lowest BCUT2D eigenvalue weighted by Crippen LogP contribution is -2.39. The molecule has 0 saturated carbocycles. The molecule has 2 heterocycles. The average molecular weight is 251 g/mol. The smallest absolute Gasteiger partial charge is 0.187 e. The van der Waals surface area contributed by atoms with Gasteiger partial charge in [-0.15, -0.1) is 0 Å². The summed E-state index contributed by atoms with van der Waals surface area (Å²) < 4.78 is 14.1. The van der Waals surface area contributed by atoms with E-state index < -0.39 is 0 Å². The monoisotopic (exact) mass is 251 g/mol. The Hall–Kier alpha value is -1.72. The molecule has 1 fully saturated rings. The van der Waals surface area contributed by atoms with Gasteiger partial charge in [0.1, 0.15) is 6.33 Å². The predicted octanol–water partition coefficient (Wildman–Crippen LogP) is 1.33. The lowest BCUT2D eigenvalue weighted by molar-refractivity contribution is 0.483. The molecular weight excluding hydrogens is 233 g/mol. The van der Waals surface area contributed by atoms with Crippen molar-refractivity contribution in [1.82, 2.24) is 9.97 Å². The van der Waals surface area contributed by atoms with Crippen LogP contribution in [0.25, 0.3) is 0 Å². The molecule has 0 aromatic carbocycles. The third kappa shape index (κ3) is 2.42. The van der Waals surface area contributed by atoms with Gasteiger partial charge in [-0.25, -0.2) is 14.4 Å². The largest absolute Gasteiger partial charge is 0.387 e. The van der Waals surface area contributed by atoms with E-state index in [0.29, 0.717) is 31.0 Å². The van der Waals surface area contributed by atoms with Gasteiger partial charge < -0.3 is 10.6 Å². The van der Waals surface area contributed by atoms with Crippen molar-refractivity contribution >= 4 is 11.7 Å². The summed E-state index contributed by atoms with van der Waals surface area (Å²) in [6.07, 6.45) is 3.53. The summed E-state index contributed by atoms with van der Waals surface area (Å²) in [4.78, 5) is 9.88. The summed E-state index contributed by atoms with van der Waals surface area (Å²) in [6, 6.07) is 0. The van der Waals surface area contributed by atoms with Crippen LogP contribution in [-0.2, 0) is 6.42 Å². The van der Waals surface area contributed by atoms with Gasteiger partial charge in [0.15, 0.2) is 11.6 Å². The molecule has 0 bridgehead atoms. The van der Waals surface area contributed by atoms with Crippen LogP contribution in [0.3, 0.4) is 0 Å². The van der Waals surface area contributed by atoms with Crippen molar-refractivity contribution in [3.05, 3.63) is 17.8 Å². The second-order valence-electron chi connectivity index (χ2n) is 4.53. The fourth-order valence-electron chi connectivity index (χ4n) is 2.26. The minimum Gasteiger partial charge on any atom is -0.387 e. The third-order valence-electron chi connectivity index (χ3n) is 3.41. The highest BCUT2D eigenvalue weighted by atomic mass is 19.1. The van der Waals surface area contributed by atoms with Crippen LogP contribution in [0.4, 0.5) is 10.2 Å². The van der Waals surface area contributed by atoms with E-state index in [1.54, 1.807) is 0 Å². The molecule has 0 amide bonds. The van der Waals surface area contributed by atoms with E-state index in [1.807, 2.05) is 11.8 Å². The Balaban J connectivity index is 2.12. The minimum atomic E-state index is -0.318. The highest BCUT2D eigenvalue weighted by molar-refractivity contribution is 5.79. The van der Waals surface area contributed by atoms with Crippen LogP contribution < -0.4 is 10.6 Å². The van der Waals surface area contributed by atoms with E-state index in [2.05, 4.69) is 9.97 Å². The molecule has 1 aromatic heterocycles. The van der Waals surface area contributed by atoms with E-state index in [4.69, 9.17) is 11.1 Å². The van der Waals surface area contributed by atoms with E-state index in [1.165, 1.54) is 6.33 Å². The number of halogens is 1. The topological polar surface area (TPSA) is 78.9 Å². The molecule has 0 spiro atoms. The molecule has 0 unspecified atom stereocenters. The number of nitrogens with zero attached hydrogens (tertiary/aromatic N) is 3. The zero-order valence-electron chi connectivity index (χ0n) is 10.5. The van der Waals surface area contributed by atoms with Crippen molar-refractivity contribution in [3.63, 3.8) is 0 Å². The fraction of sp³-hybridized carbons (Fsp3) is 0.583. The van der Waals surface area contributed by atoms with Gasteiger partial charge in [-0.1, -0.05) is 6.92 Å². The summed E-state index contributed by atoms with van der Waals surface area (Å²) in [5.41, 5.74) is 5.94. The summed E-state index contributed by atoms with van der Waals surface area (Å²) in [5, 5.41) is 7.42. The summed E-state index contributed by atoms with van der Waals surface area (Å²) in [7, 11) is 0. The van der Waals surface area contributed by atoms with E-state index in [0.717, 1.165) is 12.8 Å². The molecule has 5 nitrogen and oxygen atoms in total. The van der Waals surface area contributed by atoms with Crippen LogP contribution in [0.5, 0.6) is 0 Å². The number of nitrogens with two attached hydrogens (primary N) is 1. The molecule has 0 aliphatic carbocycles. The van der Waals surface area contributed by atoms with Crippen LogP contribution in [0.15, 0.2) is 6.33 Å². The van der Waals surface area contributed by atoms with Gasteiger partial charge >= 0.3 is 0 Å². The number of nitrogens with one attached hydrogen (secondary N) is 1. The average Bonchev–Trinajstić information content (AvgIpc) is 2.39. The van der Waals surface area contributed by atoms with Crippen LogP contribution in [-0.4, -0.2) is 28.9 Å². The maximum atomic E-state index is 14.1. The standard InChI is InChI=1S/C12H18FN5/c1-2-9-10(13)12(17-7-16-9)18-5-3-8(4-6-18)11(14)15/h7-8H,2-6H2,1H3,(H3,14,15). The van der Waals surface area contributed by atoms with Crippen LogP contribution >= 0.6 is 0 Å². The number of aromatic nitrogens is 2. The van der Waals surface area contributed by atoms with Gasteiger partial charge in [-0.05, 0) is 19.3 Å². The first kappa shape index (κ1) is 12.7. The van der Waals surface area contributed by atoms with E-state index in [-0.39, 0.29) is 17.6 Å². The number of rotatable bonds is 3. The Labute approximate surface area is 106 Å². The second-order valence-corrected chi connectivity index (χ2v) is 4.53. The Morgan fingerprint density at radius 3 is 2.72 bits per heavy atom. The molecule has 2 rings (SSSR count). The van der Waals surface area contributed by atoms with Crippen LogP contribution in [0, 0.1) is 17.1 Å². The molecule has 1 saturated heterocycles. The molecule has 18 heavy (non-hydrogen) atoms. The quantitative estimate of drug-likeness (QED) is 0.627. The number of amidine groups is 1. The highest BCUT2D eigenvalue weighted by Gasteiger charge is 2.24. The first-order chi connectivity index (χ1) is 8.63. The first-order valence-electron chi connectivity index (χ1n) is 6.21. The number of aryl methyl sites for hydroxylation is 1. The molecule has 0 radical (unpaired) electrons. The predicted molar refractivity (Wildman–Crippen MR) is 68.2 cm³/mol. The second kappa shape index (κ2) is 5.29. The molecule has 1 aliphatic rings. The number of piperidine rings is 1. The zero-order valence-corrected chi connectivity index (χ0v) is 10.5. The summed E-state index contributed by atoms with van der Waals surface area (Å²) in [5.74, 6) is 0.411. The van der Waals surface area contributed by atoms with Crippen LogP contribution in [0.1, 0.15) is 25.5 Å². The fourth-order valence-corrected chi connectivity index (χ4v) is 2.26. The number of hydrogen-bond donors (Lipinski definition) is 2. The normalized spacial score (nSPS) is 16.9. The Morgan fingerprint density at radius 1 is 1.50 bits per heavy atom. The zero-order chi connectivity index (χ0) is 13.1. The summed E-state index contributed by atoms with van der Waals surface area (Å²) >= 11 is 0. The van der Waals surface area contributed by atoms with Gasteiger partial charge in [0.2, 0.25) is 0 Å². The van der Waals surface area contributed by atoms with Gasteiger partial charge in [-0.2, -0.15) is 0 Å². The molecular formula is C12H18FN5. The molecule has 0 atom stereocenters. The maximum Gasteiger partial charge on any atom is 0.187 e. The van der Waals surface area contributed by atoms with Gasteiger partial charge in [-0.3, -0.25) is 5.41 Å². The highest BCUT2D eigenvalue weighted by Crippen LogP contribution is 2.24. The number of anilines is 1. The molecule has 1 aliphatic heterocycles. The lowest BCUT2D eigenvalue weighted by Gasteiger charge is -2.32. The van der Waals surface area contributed by atoms with Gasteiger partial charge in [0, 0.05) is 19.0 Å². The Kier molecular flexibility index (Phi) is 3.74. The van der Waals surface area contributed by atoms with Crippen molar-refractivity contribution < 1.29 is 4.39 Å². The van der Waals surface area contributed by atoms with Gasteiger partial charge in [0.05, 0.1) is 11.5 Å². The minimum absolute atomic E-state index is 0.122. The first-order valence-corrected chi connectivity index (χ1v) is 6.21. The third-order valence-corrected chi connectivity index (χ3v) is 3.41. The van der Waals surface area contributed by atoms with E-state index >= 15 is 0 Å². The Morgan fingerprint density at radius 2 is 2.17 bits per heavy atom. The van der Waals surface area contributed by atoms with Gasteiger partial charge in [0.25, 0.3) is 0 Å². The maximum absolute atomic E-state index is 14.1. The molecule has 98 valence electrons. The van der Waals surface area contributed by atoms with Crippen LogP contribution in [0.2, 0.25) is 0 Å². The molecule has 6 heteroatoms. The van der Waals surface area contributed by atoms with Crippen molar-refractivity contribution in [1.29, 1.82) is 5.41 Å². The van der Waals surface area contributed by atoms with Crippen molar-refractivity contribution in [2.45, 2.75) is 26.2 Å². The summed E-state index contributed by atoms with van der Waals surface area (Å²) in [6.45, 7) is 3.24. The number of hydrogen-bond acceptors (Lipinski definition) is 4. The van der Waals surface area contributed by atoms with Crippen molar-refractivity contribution in [2.75, 3.05) is 18.0 Å². The molecule has 1 aromatic rings. The van der Waals surface area contributed by atoms with Crippen molar-refractivity contribution in [3.8, 4) is 0 Å².